The number of carbonyl (C=O) groups excluding carboxylic acids is 1. The average Bonchev–Trinajstić information content (AvgIpc) is 3.35. The van der Waals surface area contributed by atoms with Crippen LogP contribution in [-0.4, -0.2) is 64.6 Å². The van der Waals surface area contributed by atoms with Gasteiger partial charge in [0.25, 0.3) is 5.91 Å². The molecule has 0 bridgehead atoms. The van der Waals surface area contributed by atoms with Gasteiger partial charge in [-0.3, -0.25) is 9.69 Å². The molecule has 2 heterocycles. The summed E-state index contributed by atoms with van der Waals surface area (Å²) in [7, 11) is 0. The molecule has 2 N–H and O–H groups in total. The first-order chi connectivity index (χ1) is 11.2. The van der Waals surface area contributed by atoms with Crippen molar-refractivity contribution < 1.29 is 9.90 Å². The second-order valence-electron chi connectivity index (χ2n) is 6.75. The molecule has 4 rings (SSSR count). The number of fused-ring (bicyclic) bond motifs is 1. The number of halogens is 1. The summed E-state index contributed by atoms with van der Waals surface area (Å²) in [6, 6.07) is 7.91. The summed E-state index contributed by atoms with van der Waals surface area (Å²) in [4.78, 5) is 20.1. The molecule has 1 amide bonds. The van der Waals surface area contributed by atoms with Gasteiger partial charge in [0.1, 0.15) is 0 Å². The van der Waals surface area contributed by atoms with Gasteiger partial charge in [0.15, 0.2) is 0 Å². The normalized spacial score (nSPS) is 20.0. The van der Waals surface area contributed by atoms with Gasteiger partial charge in [0.2, 0.25) is 0 Å². The number of nitrogens with one attached hydrogen (secondary N) is 1. The largest absolute Gasteiger partial charge is 0.392 e. The third kappa shape index (κ3) is 3.43. The first kappa shape index (κ1) is 17.3. The van der Waals surface area contributed by atoms with Gasteiger partial charge < -0.3 is 15.0 Å². The Morgan fingerprint density at radius 2 is 1.92 bits per heavy atom. The van der Waals surface area contributed by atoms with E-state index < -0.39 is 0 Å². The van der Waals surface area contributed by atoms with E-state index in [1.807, 2.05) is 35.4 Å². The molecule has 1 saturated heterocycles. The number of aromatic nitrogens is 1. The van der Waals surface area contributed by atoms with Crippen molar-refractivity contribution in [2.45, 2.75) is 18.9 Å². The van der Waals surface area contributed by atoms with Crippen molar-refractivity contribution in [1.29, 1.82) is 0 Å². The molecule has 1 aliphatic carbocycles. The highest BCUT2D eigenvalue weighted by Crippen LogP contribution is 2.33. The molecule has 1 aliphatic heterocycles. The number of carbonyl (C=O) groups is 1. The van der Waals surface area contributed by atoms with Gasteiger partial charge in [0, 0.05) is 49.8 Å². The minimum atomic E-state index is -0.189. The Labute approximate surface area is 148 Å². The number of amides is 1. The molecule has 5 nitrogen and oxygen atoms in total. The quantitative estimate of drug-likeness (QED) is 0.888. The molecule has 1 aromatic carbocycles. The first-order valence-electron chi connectivity index (χ1n) is 8.48. The highest BCUT2D eigenvalue weighted by molar-refractivity contribution is 6.06. The number of aliphatic hydroxyl groups excluding tert-OH is 1. The van der Waals surface area contributed by atoms with Crippen molar-refractivity contribution >= 4 is 29.2 Å². The molecule has 0 spiro atoms. The van der Waals surface area contributed by atoms with E-state index in [-0.39, 0.29) is 24.4 Å². The SMILES string of the molecule is Cl.O=C(c1c[nH]c2ccccc12)N1CCN(CC(O)C2CC2)CC1. The Bertz CT molecular complexity index is 705. The number of piperazine rings is 1. The number of hydrogen-bond donors (Lipinski definition) is 2. The molecule has 1 aromatic heterocycles. The fourth-order valence-corrected chi connectivity index (χ4v) is 3.45. The lowest BCUT2D eigenvalue weighted by atomic mass is 10.1. The summed E-state index contributed by atoms with van der Waals surface area (Å²) in [5.41, 5.74) is 1.76. The zero-order valence-electron chi connectivity index (χ0n) is 13.6. The summed E-state index contributed by atoms with van der Waals surface area (Å²) in [6.45, 7) is 3.90. The lowest BCUT2D eigenvalue weighted by Crippen LogP contribution is -2.50. The van der Waals surface area contributed by atoms with Gasteiger partial charge >= 0.3 is 0 Å². The van der Waals surface area contributed by atoms with Crippen LogP contribution in [-0.2, 0) is 0 Å². The zero-order chi connectivity index (χ0) is 15.8. The zero-order valence-corrected chi connectivity index (χ0v) is 14.5. The number of H-pyrrole nitrogens is 1. The Morgan fingerprint density at radius 3 is 2.62 bits per heavy atom. The standard InChI is InChI=1S/C18H23N3O2.ClH/c22-17(13-5-6-13)12-20-7-9-21(10-8-20)18(23)15-11-19-16-4-2-1-3-14(15)16;/h1-4,11,13,17,19,22H,5-10,12H2;1H. The molecule has 0 radical (unpaired) electrons. The molecule has 2 aromatic rings. The topological polar surface area (TPSA) is 59.6 Å². The molecule has 2 fully saturated rings. The number of benzene rings is 1. The van der Waals surface area contributed by atoms with Gasteiger partial charge in [-0.2, -0.15) is 0 Å². The first-order valence-corrected chi connectivity index (χ1v) is 8.48. The Kier molecular flexibility index (Phi) is 5.13. The maximum atomic E-state index is 12.8. The van der Waals surface area contributed by atoms with E-state index in [0.29, 0.717) is 5.92 Å². The van der Waals surface area contributed by atoms with Crippen LogP contribution in [0.15, 0.2) is 30.5 Å². The molecule has 130 valence electrons. The summed E-state index contributed by atoms with van der Waals surface area (Å²) in [5, 5.41) is 11.0. The second kappa shape index (κ2) is 7.13. The van der Waals surface area contributed by atoms with E-state index >= 15 is 0 Å². The van der Waals surface area contributed by atoms with Crippen LogP contribution in [0.4, 0.5) is 0 Å². The van der Waals surface area contributed by atoms with E-state index in [4.69, 9.17) is 0 Å². The number of hydrogen-bond acceptors (Lipinski definition) is 3. The minimum Gasteiger partial charge on any atom is -0.392 e. The summed E-state index contributed by atoms with van der Waals surface area (Å²) >= 11 is 0. The third-order valence-electron chi connectivity index (χ3n) is 5.09. The van der Waals surface area contributed by atoms with Crippen LogP contribution in [0.2, 0.25) is 0 Å². The Balaban J connectivity index is 0.00000169. The highest BCUT2D eigenvalue weighted by Gasteiger charge is 2.32. The minimum absolute atomic E-state index is 0. The monoisotopic (exact) mass is 349 g/mol. The van der Waals surface area contributed by atoms with Crippen LogP contribution in [0, 0.1) is 5.92 Å². The molecule has 1 saturated carbocycles. The van der Waals surface area contributed by atoms with Crippen LogP contribution in [0.25, 0.3) is 10.9 Å². The Hall–Kier alpha value is -1.56. The van der Waals surface area contributed by atoms with Crippen molar-refractivity contribution in [3.63, 3.8) is 0 Å². The molecule has 2 aliphatic rings. The predicted molar refractivity (Wildman–Crippen MR) is 96.6 cm³/mol. The molecule has 1 atom stereocenters. The van der Waals surface area contributed by atoms with Crippen LogP contribution < -0.4 is 0 Å². The summed E-state index contributed by atoms with van der Waals surface area (Å²) in [5.74, 6) is 0.616. The van der Waals surface area contributed by atoms with Crippen molar-refractivity contribution in [3.05, 3.63) is 36.0 Å². The number of aliphatic hydroxyl groups is 1. The molecular weight excluding hydrogens is 326 g/mol. The number of rotatable bonds is 4. The van der Waals surface area contributed by atoms with Gasteiger partial charge in [-0.25, -0.2) is 0 Å². The maximum Gasteiger partial charge on any atom is 0.256 e. The molecule has 6 heteroatoms. The Morgan fingerprint density at radius 1 is 1.21 bits per heavy atom. The van der Waals surface area contributed by atoms with Gasteiger partial charge in [0.05, 0.1) is 11.7 Å². The summed E-state index contributed by atoms with van der Waals surface area (Å²) < 4.78 is 0. The molecular formula is C18H24ClN3O2. The number of β-amino-alcohol motifs (C(OH)–C–C–N with tert-alkyl or cyclic N) is 1. The van der Waals surface area contributed by atoms with Crippen LogP contribution in [0.5, 0.6) is 0 Å². The van der Waals surface area contributed by atoms with E-state index in [0.717, 1.165) is 49.2 Å². The van der Waals surface area contributed by atoms with Gasteiger partial charge in [-0.1, -0.05) is 18.2 Å². The lowest BCUT2D eigenvalue weighted by Gasteiger charge is -2.35. The number of nitrogens with zero attached hydrogens (tertiary/aromatic N) is 2. The lowest BCUT2D eigenvalue weighted by molar-refractivity contribution is 0.0490. The second-order valence-corrected chi connectivity index (χ2v) is 6.75. The maximum absolute atomic E-state index is 12.8. The van der Waals surface area contributed by atoms with E-state index in [2.05, 4.69) is 9.88 Å². The van der Waals surface area contributed by atoms with Crippen molar-refractivity contribution in [1.82, 2.24) is 14.8 Å². The van der Waals surface area contributed by atoms with Gasteiger partial charge in [-0.15, -0.1) is 12.4 Å². The van der Waals surface area contributed by atoms with E-state index in [1.54, 1.807) is 0 Å². The smallest absolute Gasteiger partial charge is 0.256 e. The van der Waals surface area contributed by atoms with E-state index in [9.17, 15) is 9.90 Å². The van der Waals surface area contributed by atoms with Crippen molar-refractivity contribution in [3.8, 4) is 0 Å². The van der Waals surface area contributed by atoms with Gasteiger partial charge in [-0.05, 0) is 24.8 Å². The highest BCUT2D eigenvalue weighted by atomic mass is 35.5. The number of para-hydroxylation sites is 1. The van der Waals surface area contributed by atoms with Crippen molar-refractivity contribution in [2.75, 3.05) is 32.7 Å². The average molecular weight is 350 g/mol. The van der Waals surface area contributed by atoms with Crippen LogP contribution in [0.1, 0.15) is 23.2 Å². The van der Waals surface area contributed by atoms with Crippen molar-refractivity contribution in [2.24, 2.45) is 5.92 Å². The third-order valence-corrected chi connectivity index (χ3v) is 5.09. The van der Waals surface area contributed by atoms with Crippen LogP contribution >= 0.6 is 12.4 Å². The summed E-state index contributed by atoms with van der Waals surface area (Å²) in [6.07, 6.45) is 3.96. The van der Waals surface area contributed by atoms with Crippen LogP contribution in [0.3, 0.4) is 0 Å². The molecule has 1 unspecified atom stereocenters. The fourth-order valence-electron chi connectivity index (χ4n) is 3.45. The van der Waals surface area contributed by atoms with E-state index in [1.165, 1.54) is 12.8 Å². The molecule has 24 heavy (non-hydrogen) atoms. The predicted octanol–water partition coefficient (Wildman–Crippen LogP) is 2.12. The fraction of sp³-hybridized carbons (Fsp3) is 0.500. The number of aromatic amines is 1.